The van der Waals surface area contributed by atoms with Crippen LogP contribution in [0.2, 0.25) is 5.02 Å². The zero-order chi connectivity index (χ0) is 26.8. The van der Waals surface area contributed by atoms with Crippen LogP contribution in [0.25, 0.3) is 10.9 Å². The van der Waals surface area contributed by atoms with Gasteiger partial charge in [-0.25, -0.2) is 18.2 Å². The molecule has 2 aliphatic heterocycles. The Bertz CT molecular complexity index is 1460. The van der Waals surface area contributed by atoms with Gasteiger partial charge in [0.25, 0.3) is 5.56 Å². The first-order valence-corrected chi connectivity index (χ1v) is 12.8. The number of ether oxygens (including phenoxy) is 1. The van der Waals surface area contributed by atoms with E-state index in [1.54, 1.807) is 30.1 Å². The standard InChI is InChI=1S/C25H26ClF3N6O3/c1-34-18-5-4-14(31-22-17(26)8-30-24(33-22)35-9-13(27)6-15(36)10-35)7-16(18)19-20(23(34)37)38-11-25(28,29)21(32-19)12-2-3-12/h4-5,7-8,12-13,15,21,32,36H,2-3,6,9-11H2,1H3,(H,30,31,33)/t13-,15-,21+/m1/s1. The van der Waals surface area contributed by atoms with Gasteiger partial charge in [0.05, 0.1) is 36.1 Å². The smallest absolute Gasteiger partial charge is 0.301 e. The van der Waals surface area contributed by atoms with Gasteiger partial charge in [0, 0.05) is 31.1 Å². The molecule has 3 atom stereocenters. The number of alkyl halides is 3. The molecule has 0 bridgehead atoms. The molecule has 3 aliphatic rings. The summed E-state index contributed by atoms with van der Waals surface area (Å²) in [7, 11) is 1.56. The number of nitrogens with zero attached hydrogens (tertiary/aromatic N) is 4. The van der Waals surface area contributed by atoms with Crippen LogP contribution in [0.1, 0.15) is 19.3 Å². The van der Waals surface area contributed by atoms with E-state index in [1.165, 1.54) is 10.8 Å². The lowest BCUT2D eigenvalue weighted by Crippen LogP contribution is -2.45. The maximum Gasteiger partial charge on any atom is 0.301 e. The minimum absolute atomic E-state index is 0.0483. The van der Waals surface area contributed by atoms with Gasteiger partial charge in [-0.2, -0.15) is 4.98 Å². The van der Waals surface area contributed by atoms with Crippen molar-refractivity contribution in [3.63, 3.8) is 0 Å². The number of benzene rings is 1. The summed E-state index contributed by atoms with van der Waals surface area (Å²) in [5.41, 5.74) is 0.770. The van der Waals surface area contributed by atoms with E-state index >= 15 is 0 Å². The number of β-amino-alcohol motifs (C(OH)–C–C–N with tert-alkyl or cyclic N) is 1. The molecule has 6 rings (SSSR count). The van der Waals surface area contributed by atoms with Crippen molar-refractivity contribution < 1.29 is 23.0 Å². The van der Waals surface area contributed by atoms with Gasteiger partial charge in [0.1, 0.15) is 11.2 Å². The molecule has 202 valence electrons. The number of aromatic nitrogens is 3. The van der Waals surface area contributed by atoms with Crippen molar-refractivity contribution in [3.05, 3.63) is 39.8 Å². The molecule has 3 N–H and O–H groups in total. The van der Waals surface area contributed by atoms with Gasteiger partial charge in [-0.3, -0.25) is 4.79 Å². The summed E-state index contributed by atoms with van der Waals surface area (Å²) in [5.74, 6) is -3.03. The Morgan fingerprint density at radius 2 is 2.08 bits per heavy atom. The molecular formula is C25H26ClF3N6O3. The van der Waals surface area contributed by atoms with Gasteiger partial charge in [-0.15, -0.1) is 0 Å². The number of halogens is 4. The van der Waals surface area contributed by atoms with Crippen LogP contribution >= 0.6 is 11.6 Å². The number of anilines is 4. The third-order valence-electron chi connectivity index (χ3n) is 7.26. The number of pyridine rings is 1. The number of hydrogen-bond donors (Lipinski definition) is 3. The number of aryl methyl sites for hydroxylation is 1. The molecule has 0 radical (unpaired) electrons. The maximum absolute atomic E-state index is 14.9. The minimum Gasteiger partial charge on any atom is -0.480 e. The van der Waals surface area contributed by atoms with Gasteiger partial charge in [-0.1, -0.05) is 11.6 Å². The Morgan fingerprint density at radius 3 is 2.82 bits per heavy atom. The van der Waals surface area contributed by atoms with E-state index in [9.17, 15) is 23.1 Å². The lowest BCUT2D eigenvalue weighted by molar-refractivity contribution is -0.0579. The number of rotatable bonds is 4. The number of nitrogens with one attached hydrogen (secondary N) is 2. The van der Waals surface area contributed by atoms with E-state index in [4.69, 9.17) is 16.3 Å². The molecule has 2 fully saturated rings. The van der Waals surface area contributed by atoms with E-state index in [-0.39, 0.29) is 53.7 Å². The molecule has 3 aromatic rings. The highest BCUT2D eigenvalue weighted by Gasteiger charge is 2.51. The van der Waals surface area contributed by atoms with Crippen molar-refractivity contribution in [1.82, 2.24) is 14.5 Å². The fourth-order valence-corrected chi connectivity index (χ4v) is 5.33. The van der Waals surface area contributed by atoms with Gasteiger partial charge in [0.15, 0.2) is 12.4 Å². The molecular weight excluding hydrogens is 525 g/mol. The summed E-state index contributed by atoms with van der Waals surface area (Å²) in [4.78, 5) is 23.2. The Balaban J connectivity index is 1.38. The van der Waals surface area contributed by atoms with Gasteiger partial charge >= 0.3 is 5.92 Å². The van der Waals surface area contributed by atoms with E-state index in [1.807, 2.05) is 0 Å². The Kier molecular flexibility index (Phi) is 6.06. The second-order valence-corrected chi connectivity index (χ2v) is 10.6. The molecule has 0 spiro atoms. The number of piperidine rings is 1. The van der Waals surface area contributed by atoms with Gasteiger partial charge in [-0.05, 0) is 37.0 Å². The third-order valence-corrected chi connectivity index (χ3v) is 7.54. The quantitative estimate of drug-likeness (QED) is 0.450. The predicted octanol–water partition coefficient (Wildman–Crippen LogP) is 3.85. The number of hydrogen-bond acceptors (Lipinski definition) is 8. The lowest BCUT2D eigenvalue weighted by Gasteiger charge is -2.32. The Morgan fingerprint density at radius 1 is 1.29 bits per heavy atom. The van der Waals surface area contributed by atoms with E-state index in [2.05, 4.69) is 20.6 Å². The highest BCUT2D eigenvalue weighted by molar-refractivity contribution is 6.32. The average Bonchev–Trinajstić information content (AvgIpc) is 3.71. The zero-order valence-electron chi connectivity index (χ0n) is 20.4. The van der Waals surface area contributed by atoms with Crippen molar-refractivity contribution in [2.45, 2.75) is 43.5 Å². The summed E-state index contributed by atoms with van der Waals surface area (Å²) < 4.78 is 50.6. The minimum atomic E-state index is -3.14. The summed E-state index contributed by atoms with van der Waals surface area (Å²) in [6, 6.07) is 3.96. The molecule has 0 amide bonds. The van der Waals surface area contributed by atoms with Crippen molar-refractivity contribution in [2.75, 3.05) is 35.2 Å². The van der Waals surface area contributed by atoms with Crippen LogP contribution in [0.15, 0.2) is 29.2 Å². The number of aliphatic hydroxyl groups is 1. The van der Waals surface area contributed by atoms with Gasteiger partial charge < -0.3 is 29.9 Å². The van der Waals surface area contributed by atoms with Crippen LogP contribution in [0.5, 0.6) is 5.75 Å². The van der Waals surface area contributed by atoms with Crippen molar-refractivity contribution >= 4 is 45.6 Å². The fraction of sp³-hybridized carbons (Fsp3) is 0.480. The summed E-state index contributed by atoms with van der Waals surface area (Å²) in [5, 5.41) is 16.7. The van der Waals surface area contributed by atoms with Crippen LogP contribution in [-0.2, 0) is 7.05 Å². The van der Waals surface area contributed by atoms with Crippen LogP contribution in [0.4, 0.5) is 36.3 Å². The molecule has 1 saturated carbocycles. The SMILES string of the molecule is Cn1c(=O)c2c(c3cc(Nc4nc(N5C[C@H](O)C[C@@H](F)C5)ncc4Cl)ccc31)N[C@@H](C1CC1)C(F)(F)CO2. The summed E-state index contributed by atoms with van der Waals surface area (Å²) in [6.45, 7) is -0.639. The first-order valence-electron chi connectivity index (χ1n) is 12.4. The first-order chi connectivity index (χ1) is 18.1. The lowest BCUT2D eigenvalue weighted by atomic mass is 10.0. The highest BCUT2D eigenvalue weighted by Crippen LogP contribution is 2.45. The molecule has 2 aromatic heterocycles. The molecule has 4 heterocycles. The zero-order valence-corrected chi connectivity index (χ0v) is 21.2. The van der Waals surface area contributed by atoms with Crippen LogP contribution < -0.4 is 25.8 Å². The maximum atomic E-state index is 14.9. The molecule has 1 aromatic carbocycles. The molecule has 38 heavy (non-hydrogen) atoms. The van der Waals surface area contributed by atoms with E-state index in [0.29, 0.717) is 29.4 Å². The number of fused-ring (bicyclic) bond motifs is 3. The first kappa shape index (κ1) is 25.1. The third kappa shape index (κ3) is 4.49. The second-order valence-electron chi connectivity index (χ2n) is 10.2. The predicted molar refractivity (Wildman–Crippen MR) is 138 cm³/mol. The molecule has 1 saturated heterocycles. The van der Waals surface area contributed by atoms with Crippen LogP contribution in [0, 0.1) is 5.92 Å². The average molecular weight is 551 g/mol. The van der Waals surface area contributed by atoms with E-state index < -0.39 is 36.4 Å². The van der Waals surface area contributed by atoms with Crippen molar-refractivity contribution in [2.24, 2.45) is 13.0 Å². The number of aliphatic hydroxyl groups excluding tert-OH is 1. The van der Waals surface area contributed by atoms with Gasteiger partial charge in [0.2, 0.25) is 11.7 Å². The molecule has 0 unspecified atom stereocenters. The normalized spacial score (nSPS) is 24.8. The monoisotopic (exact) mass is 550 g/mol. The topological polar surface area (TPSA) is 105 Å². The van der Waals surface area contributed by atoms with E-state index in [0.717, 1.165) is 0 Å². The molecule has 1 aliphatic carbocycles. The fourth-order valence-electron chi connectivity index (χ4n) is 5.20. The van der Waals surface area contributed by atoms with Crippen LogP contribution in [-0.4, -0.2) is 63.6 Å². The summed E-state index contributed by atoms with van der Waals surface area (Å²) >= 11 is 6.35. The molecule has 9 nitrogen and oxygen atoms in total. The molecule has 13 heteroatoms. The second kappa shape index (κ2) is 9.19. The Labute approximate surface area is 220 Å². The van der Waals surface area contributed by atoms with Crippen LogP contribution in [0.3, 0.4) is 0 Å². The largest absolute Gasteiger partial charge is 0.480 e. The van der Waals surface area contributed by atoms with Crippen molar-refractivity contribution in [3.8, 4) is 5.75 Å². The Hall–Kier alpha value is -3.25. The highest BCUT2D eigenvalue weighted by atomic mass is 35.5. The summed E-state index contributed by atoms with van der Waals surface area (Å²) in [6.07, 6.45) is 0.768. The van der Waals surface area contributed by atoms with Crippen molar-refractivity contribution in [1.29, 1.82) is 0 Å².